The Labute approximate surface area is 166 Å². The predicted molar refractivity (Wildman–Crippen MR) is 101 cm³/mol. The van der Waals surface area contributed by atoms with Gasteiger partial charge in [0.1, 0.15) is 6.04 Å². The molecule has 0 aromatic carbocycles. The number of amides is 1. The molecule has 0 aliphatic rings. The van der Waals surface area contributed by atoms with Crippen LogP contribution in [0.4, 0.5) is 4.79 Å². The zero-order chi connectivity index (χ0) is 21.4. The van der Waals surface area contributed by atoms with E-state index in [4.69, 9.17) is 14.6 Å². The molecule has 0 fully saturated rings. The van der Waals surface area contributed by atoms with Gasteiger partial charge in [-0.15, -0.1) is 0 Å². The smallest absolute Gasteiger partial charge is 0.371 e. The maximum absolute atomic E-state index is 12.3. The zero-order valence-electron chi connectivity index (χ0n) is 16.1. The number of nitrogens with one attached hydrogen (secondary N) is 1. The normalized spacial score (nSPS) is 12.7. The standard InChI is InChI=1S/C16H25NO8S2/c1-9(18)26-7-10(11(19)20)17-12(21)16(5,6)27-14(23)25-8-24-13(22)15(2,3)4/h10H,7-8H2,1-6H3,(H,17,21)(H,19,20)/t10-/m0/s1. The van der Waals surface area contributed by atoms with E-state index >= 15 is 0 Å². The molecule has 0 unspecified atom stereocenters. The first-order chi connectivity index (χ1) is 12.2. The molecule has 0 rings (SSSR count). The van der Waals surface area contributed by atoms with Gasteiger partial charge in [0.15, 0.2) is 5.12 Å². The van der Waals surface area contributed by atoms with Crippen LogP contribution < -0.4 is 5.32 Å². The summed E-state index contributed by atoms with van der Waals surface area (Å²) in [7, 11) is 0. The van der Waals surface area contributed by atoms with Gasteiger partial charge in [-0.2, -0.15) is 0 Å². The number of thioether (sulfide) groups is 2. The maximum atomic E-state index is 12.3. The van der Waals surface area contributed by atoms with Gasteiger partial charge >= 0.3 is 17.2 Å². The molecule has 0 radical (unpaired) electrons. The average Bonchev–Trinajstić information content (AvgIpc) is 2.48. The van der Waals surface area contributed by atoms with E-state index in [1.54, 1.807) is 20.8 Å². The molecule has 154 valence electrons. The average molecular weight is 424 g/mol. The summed E-state index contributed by atoms with van der Waals surface area (Å²) in [5, 5.41) is 10.3. The molecular formula is C16H25NO8S2. The van der Waals surface area contributed by atoms with Crippen LogP contribution in [0.1, 0.15) is 41.5 Å². The molecule has 0 aromatic rings. The van der Waals surface area contributed by atoms with Crippen LogP contribution in [0.2, 0.25) is 0 Å². The molecule has 0 aliphatic heterocycles. The molecule has 0 saturated heterocycles. The van der Waals surface area contributed by atoms with Crippen LogP contribution in [0.5, 0.6) is 0 Å². The van der Waals surface area contributed by atoms with E-state index in [1.807, 2.05) is 0 Å². The van der Waals surface area contributed by atoms with Crippen molar-refractivity contribution in [3.63, 3.8) is 0 Å². The number of aliphatic carboxylic acids is 1. The van der Waals surface area contributed by atoms with Gasteiger partial charge in [0, 0.05) is 12.7 Å². The first-order valence-electron chi connectivity index (χ1n) is 7.87. The highest BCUT2D eigenvalue weighted by Crippen LogP contribution is 2.27. The van der Waals surface area contributed by atoms with E-state index in [0.717, 1.165) is 11.8 Å². The number of hydrogen-bond donors (Lipinski definition) is 2. The molecular weight excluding hydrogens is 398 g/mol. The highest BCUT2D eigenvalue weighted by atomic mass is 32.2. The molecule has 1 amide bonds. The van der Waals surface area contributed by atoms with Gasteiger partial charge in [-0.05, 0) is 46.4 Å². The van der Waals surface area contributed by atoms with E-state index < -0.39 is 46.1 Å². The Morgan fingerprint density at radius 1 is 1.04 bits per heavy atom. The van der Waals surface area contributed by atoms with Crippen LogP contribution in [0.25, 0.3) is 0 Å². The third-order valence-electron chi connectivity index (χ3n) is 2.92. The van der Waals surface area contributed by atoms with Crippen LogP contribution in [0.3, 0.4) is 0 Å². The van der Waals surface area contributed by atoms with Gasteiger partial charge in [0.25, 0.3) is 0 Å². The van der Waals surface area contributed by atoms with E-state index in [2.05, 4.69) is 5.32 Å². The first kappa shape index (κ1) is 25.2. The van der Waals surface area contributed by atoms with Crippen LogP contribution in [0, 0.1) is 5.41 Å². The second-order valence-corrected chi connectivity index (χ2v) is 9.73. The summed E-state index contributed by atoms with van der Waals surface area (Å²) in [5.41, 5.74) is -0.748. The Hall–Kier alpha value is -1.75. The van der Waals surface area contributed by atoms with E-state index in [9.17, 15) is 24.0 Å². The summed E-state index contributed by atoms with van der Waals surface area (Å²) < 4.78 is 8.21. The number of carbonyl (C=O) groups is 5. The van der Waals surface area contributed by atoms with Crippen molar-refractivity contribution in [1.82, 2.24) is 5.32 Å². The molecule has 27 heavy (non-hydrogen) atoms. The second kappa shape index (κ2) is 10.5. The van der Waals surface area contributed by atoms with Crippen molar-refractivity contribution in [2.24, 2.45) is 5.41 Å². The monoisotopic (exact) mass is 423 g/mol. The van der Waals surface area contributed by atoms with Gasteiger partial charge in [-0.3, -0.25) is 14.4 Å². The molecule has 9 nitrogen and oxygen atoms in total. The largest absolute Gasteiger partial charge is 0.480 e. The predicted octanol–water partition coefficient (Wildman–Crippen LogP) is 2.03. The summed E-state index contributed by atoms with van der Waals surface area (Å²) in [4.78, 5) is 57.9. The number of carbonyl (C=O) groups excluding carboxylic acids is 4. The SMILES string of the molecule is CC(=O)SC[C@H](NC(=O)C(C)(C)SC(=O)OCOC(=O)C(C)(C)C)C(=O)O. The fourth-order valence-corrected chi connectivity index (χ4v) is 2.64. The van der Waals surface area contributed by atoms with Crippen LogP contribution in [-0.2, 0) is 28.7 Å². The van der Waals surface area contributed by atoms with Crippen LogP contribution in [-0.4, -0.2) is 56.7 Å². The molecule has 2 N–H and O–H groups in total. The molecule has 0 heterocycles. The van der Waals surface area contributed by atoms with E-state index in [-0.39, 0.29) is 10.9 Å². The Bertz CT molecular complexity index is 598. The quantitative estimate of drug-likeness (QED) is 0.441. The highest BCUT2D eigenvalue weighted by Gasteiger charge is 2.35. The molecule has 0 saturated carbocycles. The Kier molecular flexibility index (Phi) is 9.87. The number of carboxylic acid groups (broad SMARTS) is 1. The number of esters is 1. The third-order valence-corrected chi connectivity index (χ3v) is 4.81. The minimum atomic E-state index is -1.35. The molecule has 0 aromatic heterocycles. The van der Waals surface area contributed by atoms with Crippen LogP contribution >= 0.6 is 23.5 Å². The molecule has 0 aliphatic carbocycles. The summed E-state index contributed by atoms with van der Waals surface area (Å²) >= 11 is 1.28. The van der Waals surface area contributed by atoms with E-state index in [1.165, 1.54) is 20.8 Å². The second-order valence-electron chi connectivity index (χ2n) is 6.97. The summed E-state index contributed by atoms with van der Waals surface area (Å²) in [6.07, 6.45) is 0. The Balaban J connectivity index is 4.63. The fraction of sp³-hybridized carbons (Fsp3) is 0.688. The lowest BCUT2D eigenvalue weighted by Crippen LogP contribution is -2.49. The molecule has 11 heteroatoms. The minimum absolute atomic E-state index is 0.135. The number of rotatable bonds is 8. The maximum Gasteiger partial charge on any atom is 0.371 e. The topological polar surface area (TPSA) is 136 Å². The van der Waals surface area contributed by atoms with Gasteiger partial charge in [0.05, 0.1) is 10.2 Å². The van der Waals surface area contributed by atoms with E-state index in [0.29, 0.717) is 11.8 Å². The third kappa shape index (κ3) is 10.2. The molecule has 0 spiro atoms. The van der Waals surface area contributed by atoms with Gasteiger partial charge in [-0.1, -0.05) is 11.8 Å². The summed E-state index contributed by atoms with van der Waals surface area (Å²) in [6, 6.07) is -1.28. The summed E-state index contributed by atoms with van der Waals surface area (Å²) in [5.74, 6) is -2.70. The van der Waals surface area contributed by atoms with Crippen molar-refractivity contribution in [3.05, 3.63) is 0 Å². The minimum Gasteiger partial charge on any atom is -0.480 e. The van der Waals surface area contributed by atoms with Crippen molar-refractivity contribution in [1.29, 1.82) is 0 Å². The lowest BCUT2D eigenvalue weighted by Gasteiger charge is -2.24. The highest BCUT2D eigenvalue weighted by molar-refractivity contribution is 8.15. The van der Waals surface area contributed by atoms with Crippen molar-refractivity contribution >= 4 is 51.8 Å². The summed E-state index contributed by atoms with van der Waals surface area (Å²) in [6.45, 7) is 8.44. The lowest BCUT2D eigenvalue weighted by atomic mass is 9.98. The molecule has 0 bridgehead atoms. The number of hydrogen-bond acceptors (Lipinski definition) is 9. The van der Waals surface area contributed by atoms with Crippen LogP contribution in [0.15, 0.2) is 0 Å². The van der Waals surface area contributed by atoms with Crippen molar-refractivity contribution < 1.29 is 38.6 Å². The molecule has 1 atom stereocenters. The number of ether oxygens (including phenoxy) is 2. The zero-order valence-corrected chi connectivity index (χ0v) is 17.7. The lowest BCUT2D eigenvalue weighted by molar-refractivity contribution is -0.160. The van der Waals surface area contributed by atoms with Gasteiger partial charge in [-0.25, -0.2) is 9.59 Å². The van der Waals surface area contributed by atoms with Crippen molar-refractivity contribution in [3.8, 4) is 0 Å². The first-order valence-corrected chi connectivity index (χ1v) is 9.67. The Morgan fingerprint density at radius 3 is 2.04 bits per heavy atom. The number of carboxylic acids is 1. The van der Waals surface area contributed by atoms with Gasteiger partial charge in [0.2, 0.25) is 12.7 Å². The van der Waals surface area contributed by atoms with Crippen molar-refractivity contribution in [2.45, 2.75) is 52.3 Å². The van der Waals surface area contributed by atoms with Crippen molar-refractivity contribution in [2.75, 3.05) is 12.5 Å². The fourth-order valence-electron chi connectivity index (χ4n) is 1.34. The Morgan fingerprint density at radius 2 is 1.59 bits per heavy atom. The van der Waals surface area contributed by atoms with Gasteiger partial charge < -0.3 is 19.9 Å².